The predicted octanol–water partition coefficient (Wildman–Crippen LogP) is 0.663. The Morgan fingerprint density at radius 2 is 2.18 bits per heavy atom. The van der Waals surface area contributed by atoms with Crippen molar-refractivity contribution in [3.05, 3.63) is 34.9 Å². The van der Waals surface area contributed by atoms with Crippen LogP contribution in [0, 0.1) is 0 Å². The Morgan fingerprint density at radius 1 is 1.45 bits per heavy atom. The fourth-order valence-corrected chi connectivity index (χ4v) is 2.66. The lowest BCUT2D eigenvalue weighted by Gasteiger charge is -2.29. The normalized spacial score (nSPS) is 23.8. The maximum Gasteiger partial charge on any atom is 0.250 e. The second-order valence-electron chi connectivity index (χ2n) is 5.55. The number of amides is 2. The van der Waals surface area contributed by atoms with Gasteiger partial charge in [-0.25, -0.2) is 0 Å². The van der Waals surface area contributed by atoms with Crippen molar-refractivity contribution >= 4 is 23.4 Å². The highest BCUT2D eigenvalue weighted by Crippen LogP contribution is 2.25. The molecule has 5 N–H and O–H groups in total. The van der Waals surface area contributed by atoms with Crippen LogP contribution in [0.25, 0.3) is 0 Å². The molecule has 1 aromatic carbocycles. The van der Waals surface area contributed by atoms with E-state index in [1.165, 1.54) is 0 Å². The third-order valence-electron chi connectivity index (χ3n) is 3.93. The average Bonchev–Trinajstić information content (AvgIpc) is 2.96. The molecule has 7 heteroatoms. The third-order valence-corrected chi connectivity index (χ3v) is 4.17. The lowest BCUT2D eigenvalue weighted by Crippen LogP contribution is -2.55. The van der Waals surface area contributed by atoms with Crippen molar-refractivity contribution in [2.45, 2.75) is 37.5 Å². The Kier molecular flexibility index (Phi) is 5.05. The van der Waals surface area contributed by atoms with Crippen LogP contribution in [0.3, 0.4) is 0 Å². The molecule has 2 amide bonds. The van der Waals surface area contributed by atoms with E-state index in [0.717, 1.165) is 6.42 Å². The fourth-order valence-electron chi connectivity index (χ4n) is 2.47. The van der Waals surface area contributed by atoms with Gasteiger partial charge in [0.25, 0.3) is 0 Å². The molecule has 1 aromatic rings. The van der Waals surface area contributed by atoms with E-state index in [2.05, 4.69) is 5.32 Å². The molecule has 1 aliphatic heterocycles. The lowest BCUT2D eigenvalue weighted by molar-refractivity contribution is -0.138. The van der Waals surface area contributed by atoms with Crippen LogP contribution in [-0.2, 0) is 19.9 Å². The van der Waals surface area contributed by atoms with Crippen LogP contribution in [0.2, 0.25) is 5.02 Å². The largest absolute Gasteiger partial charge is 0.367 e. The monoisotopic (exact) mass is 325 g/mol. The van der Waals surface area contributed by atoms with Crippen LogP contribution in [0.4, 0.5) is 0 Å². The van der Waals surface area contributed by atoms with E-state index in [1.54, 1.807) is 31.2 Å². The summed E-state index contributed by atoms with van der Waals surface area (Å²) in [5.41, 5.74) is 10.2. The Balaban J connectivity index is 2.18. The van der Waals surface area contributed by atoms with Crippen LogP contribution in [0.15, 0.2) is 24.3 Å². The highest BCUT2D eigenvalue weighted by molar-refractivity contribution is 6.30. The Labute approximate surface area is 134 Å². The van der Waals surface area contributed by atoms with Gasteiger partial charge in [-0.05, 0) is 37.5 Å². The maximum atomic E-state index is 12.4. The van der Waals surface area contributed by atoms with E-state index in [-0.39, 0.29) is 12.0 Å². The Hall–Kier alpha value is -1.63. The second-order valence-corrected chi connectivity index (χ2v) is 5.99. The first kappa shape index (κ1) is 16.7. The smallest absolute Gasteiger partial charge is 0.250 e. The highest BCUT2D eigenvalue weighted by Gasteiger charge is 2.39. The first-order valence-corrected chi connectivity index (χ1v) is 7.48. The van der Waals surface area contributed by atoms with Gasteiger partial charge in [0.2, 0.25) is 11.8 Å². The summed E-state index contributed by atoms with van der Waals surface area (Å²) in [6, 6.07) is 6.67. The van der Waals surface area contributed by atoms with Crippen molar-refractivity contribution in [3.63, 3.8) is 0 Å². The summed E-state index contributed by atoms with van der Waals surface area (Å²) in [4.78, 5) is 24.3. The van der Waals surface area contributed by atoms with Crippen LogP contribution < -0.4 is 16.8 Å². The molecule has 0 saturated carbocycles. The molecule has 0 spiro atoms. The molecule has 1 saturated heterocycles. The van der Waals surface area contributed by atoms with E-state index in [1.807, 2.05) is 0 Å². The molecule has 1 aliphatic rings. The molecule has 1 heterocycles. The quantitative estimate of drug-likeness (QED) is 0.739. The van der Waals surface area contributed by atoms with Crippen molar-refractivity contribution in [1.29, 1.82) is 0 Å². The van der Waals surface area contributed by atoms with E-state index < -0.39 is 17.6 Å². The minimum atomic E-state index is -1.36. The van der Waals surface area contributed by atoms with Gasteiger partial charge in [-0.2, -0.15) is 0 Å². The zero-order valence-electron chi connectivity index (χ0n) is 12.3. The third kappa shape index (κ3) is 3.40. The first-order chi connectivity index (χ1) is 10.4. The zero-order valence-corrected chi connectivity index (χ0v) is 13.1. The fraction of sp³-hybridized carbons (Fsp3) is 0.467. The summed E-state index contributed by atoms with van der Waals surface area (Å²) in [6.45, 7) is 1.92. The summed E-state index contributed by atoms with van der Waals surface area (Å²) in [5, 5.41) is 3.14. The number of benzene rings is 1. The summed E-state index contributed by atoms with van der Waals surface area (Å²) in [5.74, 6) is -1.05. The van der Waals surface area contributed by atoms with Crippen LogP contribution in [0.1, 0.15) is 25.3 Å². The molecule has 1 fully saturated rings. The predicted molar refractivity (Wildman–Crippen MR) is 83.1 cm³/mol. The maximum absolute atomic E-state index is 12.4. The highest BCUT2D eigenvalue weighted by atomic mass is 35.5. The molecular weight excluding hydrogens is 306 g/mol. The summed E-state index contributed by atoms with van der Waals surface area (Å²) >= 11 is 5.95. The van der Waals surface area contributed by atoms with Gasteiger partial charge in [-0.1, -0.05) is 23.7 Å². The Bertz CT molecular complexity index is 581. The van der Waals surface area contributed by atoms with Gasteiger partial charge >= 0.3 is 0 Å². The summed E-state index contributed by atoms with van der Waals surface area (Å²) < 4.78 is 5.54. The molecule has 0 radical (unpaired) electrons. The average molecular weight is 326 g/mol. The molecular formula is C15H20ClN3O3. The van der Waals surface area contributed by atoms with Gasteiger partial charge in [0.1, 0.15) is 11.6 Å². The molecule has 0 aliphatic carbocycles. The van der Waals surface area contributed by atoms with Crippen LogP contribution >= 0.6 is 11.6 Å². The van der Waals surface area contributed by atoms with Crippen molar-refractivity contribution in [1.82, 2.24) is 5.32 Å². The number of hydrogen-bond acceptors (Lipinski definition) is 4. The SMILES string of the molecule is CC(NC(=O)[C@@H]1CC[C@H](CN)O1)(C(N)=O)c1cccc(Cl)c1. The van der Waals surface area contributed by atoms with Gasteiger partial charge in [0.15, 0.2) is 0 Å². The molecule has 3 atom stereocenters. The van der Waals surface area contributed by atoms with E-state index in [0.29, 0.717) is 23.6 Å². The molecule has 2 rings (SSSR count). The number of halogens is 1. The molecule has 0 aromatic heterocycles. The van der Waals surface area contributed by atoms with E-state index in [9.17, 15) is 9.59 Å². The van der Waals surface area contributed by atoms with Gasteiger partial charge in [-0.3, -0.25) is 9.59 Å². The standard InChI is InChI=1S/C15H20ClN3O3/c1-15(14(18)21,9-3-2-4-10(16)7-9)19-13(20)12-6-5-11(8-17)22-12/h2-4,7,11-12H,5-6,8,17H2,1H3,(H2,18,21)(H,19,20)/t11-,12+,15?/m1/s1. The molecule has 0 bridgehead atoms. The minimum absolute atomic E-state index is 0.123. The van der Waals surface area contributed by atoms with Crippen molar-refractivity contribution in [2.75, 3.05) is 6.54 Å². The Morgan fingerprint density at radius 3 is 2.73 bits per heavy atom. The summed E-state index contributed by atoms with van der Waals surface area (Å²) in [7, 11) is 0. The van der Waals surface area contributed by atoms with Gasteiger partial charge < -0.3 is 21.5 Å². The minimum Gasteiger partial charge on any atom is -0.367 e. The zero-order chi connectivity index (χ0) is 16.3. The van der Waals surface area contributed by atoms with Crippen molar-refractivity contribution < 1.29 is 14.3 Å². The number of nitrogens with one attached hydrogen (secondary N) is 1. The molecule has 120 valence electrons. The number of hydrogen-bond donors (Lipinski definition) is 3. The van der Waals surface area contributed by atoms with Gasteiger partial charge in [0, 0.05) is 11.6 Å². The number of rotatable bonds is 5. The number of primary amides is 1. The number of carbonyl (C=O) groups is 2. The second kappa shape index (κ2) is 6.64. The number of carbonyl (C=O) groups excluding carboxylic acids is 2. The van der Waals surface area contributed by atoms with Gasteiger partial charge in [0.05, 0.1) is 6.10 Å². The molecule has 1 unspecified atom stereocenters. The van der Waals surface area contributed by atoms with Crippen LogP contribution in [-0.4, -0.2) is 30.6 Å². The van der Waals surface area contributed by atoms with E-state index >= 15 is 0 Å². The topological polar surface area (TPSA) is 107 Å². The first-order valence-electron chi connectivity index (χ1n) is 7.10. The van der Waals surface area contributed by atoms with Gasteiger partial charge in [-0.15, -0.1) is 0 Å². The van der Waals surface area contributed by atoms with Crippen LogP contribution in [0.5, 0.6) is 0 Å². The summed E-state index contributed by atoms with van der Waals surface area (Å²) in [6.07, 6.45) is 0.546. The van der Waals surface area contributed by atoms with E-state index in [4.69, 9.17) is 27.8 Å². The number of ether oxygens (including phenoxy) is 1. The lowest BCUT2D eigenvalue weighted by atomic mass is 9.90. The molecule has 22 heavy (non-hydrogen) atoms. The van der Waals surface area contributed by atoms with Crippen molar-refractivity contribution in [2.24, 2.45) is 11.5 Å². The molecule has 6 nitrogen and oxygen atoms in total. The van der Waals surface area contributed by atoms with Crippen molar-refractivity contribution in [3.8, 4) is 0 Å². The number of nitrogens with two attached hydrogens (primary N) is 2.